The van der Waals surface area contributed by atoms with E-state index in [9.17, 15) is 26.7 Å². The van der Waals surface area contributed by atoms with Gasteiger partial charge in [0.15, 0.2) is 5.96 Å². The SMILES string of the molecule is NC(N)=NCCCC[C@@H](NCC(F)(F)C(F)(F)F)C(=O)O. The molecule has 0 rings (SSSR count). The maximum absolute atomic E-state index is 12.7. The molecule has 6 nitrogen and oxygen atoms in total. The zero-order valence-corrected chi connectivity index (χ0v) is 11.0. The molecule has 21 heavy (non-hydrogen) atoms. The lowest BCUT2D eigenvalue weighted by Crippen LogP contribution is -2.49. The van der Waals surface area contributed by atoms with Gasteiger partial charge in [-0.05, 0) is 19.3 Å². The van der Waals surface area contributed by atoms with E-state index in [-0.39, 0.29) is 25.3 Å². The standard InChI is InChI=1S/C10H17F5N4O2/c11-9(12,10(13,14)15)5-19-6(7(20)21)3-1-2-4-18-8(16)17/h6,19H,1-5H2,(H,20,21)(H4,16,17,18)/t6-/m1/s1. The molecule has 0 spiro atoms. The van der Waals surface area contributed by atoms with E-state index in [2.05, 4.69) is 4.99 Å². The van der Waals surface area contributed by atoms with Crippen LogP contribution < -0.4 is 16.8 Å². The van der Waals surface area contributed by atoms with Crippen molar-refractivity contribution in [2.45, 2.75) is 37.4 Å². The van der Waals surface area contributed by atoms with Gasteiger partial charge in [0.2, 0.25) is 0 Å². The van der Waals surface area contributed by atoms with Gasteiger partial charge < -0.3 is 16.6 Å². The van der Waals surface area contributed by atoms with Gasteiger partial charge in [0, 0.05) is 6.54 Å². The first-order valence-electron chi connectivity index (χ1n) is 5.93. The van der Waals surface area contributed by atoms with Gasteiger partial charge in [0.1, 0.15) is 6.04 Å². The van der Waals surface area contributed by atoms with Crippen LogP contribution in [0.15, 0.2) is 4.99 Å². The number of alkyl halides is 5. The van der Waals surface area contributed by atoms with Crippen LogP contribution in [0.25, 0.3) is 0 Å². The summed E-state index contributed by atoms with van der Waals surface area (Å²) in [7, 11) is 0. The van der Waals surface area contributed by atoms with Crippen LogP contribution in [0.1, 0.15) is 19.3 Å². The molecule has 0 saturated heterocycles. The predicted octanol–water partition coefficient (Wildman–Crippen LogP) is 0.670. The summed E-state index contributed by atoms with van der Waals surface area (Å²) < 4.78 is 61.1. The minimum atomic E-state index is -5.73. The summed E-state index contributed by atoms with van der Waals surface area (Å²) in [5.74, 6) is -6.64. The topological polar surface area (TPSA) is 114 Å². The maximum atomic E-state index is 12.7. The summed E-state index contributed by atoms with van der Waals surface area (Å²) in [6.45, 7) is -1.57. The molecule has 0 fully saturated rings. The largest absolute Gasteiger partial charge is 0.480 e. The predicted molar refractivity (Wildman–Crippen MR) is 65.0 cm³/mol. The van der Waals surface area contributed by atoms with Crippen molar-refractivity contribution in [2.75, 3.05) is 13.1 Å². The van der Waals surface area contributed by atoms with Crippen molar-refractivity contribution in [1.82, 2.24) is 5.32 Å². The highest BCUT2D eigenvalue weighted by Gasteiger charge is 2.57. The first kappa shape index (κ1) is 19.4. The van der Waals surface area contributed by atoms with Crippen LogP contribution in [0, 0.1) is 0 Å². The Morgan fingerprint density at radius 3 is 2.19 bits per heavy atom. The van der Waals surface area contributed by atoms with Gasteiger partial charge in [-0.1, -0.05) is 0 Å². The molecule has 0 bridgehead atoms. The Kier molecular flexibility index (Phi) is 7.33. The Morgan fingerprint density at radius 2 is 1.76 bits per heavy atom. The Balaban J connectivity index is 4.27. The summed E-state index contributed by atoms with van der Waals surface area (Å²) in [5.41, 5.74) is 10.1. The van der Waals surface area contributed by atoms with Gasteiger partial charge in [0.05, 0.1) is 6.54 Å². The second kappa shape index (κ2) is 7.96. The van der Waals surface area contributed by atoms with Crippen LogP contribution >= 0.6 is 0 Å². The monoisotopic (exact) mass is 320 g/mol. The number of guanidine groups is 1. The molecule has 0 aromatic rings. The number of hydrogen-bond acceptors (Lipinski definition) is 3. The lowest BCUT2D eigenvalue weighted by atomic mass is 10.1. The van der Waals surface area contributed by atoms with Crippen LogP contribution in [-0.2, 0) is 4.79 Å². The molecule has 0 aliphatic heterocycles. The third kappa shape index (κ3) is 7.63. The fraction of sp³-hybridized carbons (Fsp3) is 0.800. The molecule has 1 atom stereocenters. The number of unbranched alkanes of at least 4 members (excludes halogenated alkanes) is 1. The first-order valence-corrected chi connectivity index (χ1v) is 5.93. The Morgan fingerprint density at radius 1 is 1.19 bits per heavy atom. The van der Waals surface area contributed by atoms with Crippen LogP contribution in [0.4, 0.5) is 22.0 Å². The molecular formula is C10H17F5N4O2. The number of halogens is 5. The zero-order chi connectivity index (χ0) is 16.7. The summed E-state index contributed by atoms with van der Waals surface area (Å²) in [6, 6.07) is -1.50. The average Bonchev–Trinajstić information content (AvgIpc) is 2.30. The van der Waals surface area contributed by atoms with E-state index in [0.717, 1.165) is 0 Å². The number of nitrogens with two attached hydrogens (primary N) is 2. The summed E-state index contributed by atoms with van der Waals surface area (Å²) in [5, 5.41) is 10.5. The molecule has 0 saturated carbocycles. The highest BCUT2D eigenvalue weighted by atomic mass is 19.4. The second-order valence-corrected chi connectivity index (χ2v) is 4.28. The lowest BCUT2D eigenvalue weighted by Gasteiger charge is -2.22. The number of nitrogens with zero attached hydrogens (tertiary/aromatic N) is 1. The molecule has 0 heterocycles. The molecule has 11 heteroatoms. The minimum Gasteiger partial charge on any atom is -0.480 e. The number of carboxylic acid groups (broad SMARTS) is 1. The Hall–Kier alpha value is -1.65. The van der Waals surface area contributed by atoms with Crippen molar-refractivity contribution in [1.29, 1.82) is 0 Å². The highest BCUT2D eigenvalue weighted by molar-refractivity contribution is 5.75. The van der Waals surface area contributed by atoms with E-state index in [4.69, 9.17) is 16.6 Å². The third-order valence-electron chi connectivity index (χ3n) is 2.48. The molecule has 124 valence electrons. The maximum Gasteiger partial charge on any atom is 0.454 e. The first-order chi connectivity index (χ1) is 9.47. The third-order valence-corrected chi connectivity index (χ3v) is 2.48. The number of rotatable bonds is 9. The van der Waals surface area contributed by atoms with E-state index >= 15 is 0 Å². The molecule has 6 N–H and O–H groups in total. The number of hydrogen-bond donors (Lipinski definition) is 4. The normalized spacial score (nSPS) is 13.8. The zero-order valence-electron chi connectivity index (χ0n) is 11.0. The number of aliphatic imine (C=N–C) groups is 1. The number of nitrogens with one attached hydrogen (secondary N) is 1. The van der Waals surface area contributed by atoms with Gasteiger partial charge in [-0.3, -0.25) is 15.1 Å². The lowest BCUT2D eigenvalue weighted by molar-refractivity contribution is -0.279. The van der Waals surface area contributed by atoms with Crippen molar-refractivity contribution in [3.8, 4) is 0 Å². The Bertz CT molecular complexity index is 369. The summed E-state index contributed by atoms with van der Waals surface area (Å²) in [4.78, 5) is 14.4. The Labute approximate surface area is 117 Å². The number of carbonyl (C=O) groups is 1. The van der Waals surface area contributed by atoms with Crippen molar-refractivity contribution in [3.63, 3.8) is 0 Å². The van der Waals surface area contributed by atoms with Crippen LogP contribution in [0.3, 0.4) is 0 Å². The van der Waals surface area contributed by atoms with E-state index in [1.54, 1.807) is 5.32 Å². The molecule has 0 aliphatic rings. The molecule has 0 unspecified atom stereocenters. The van der Waals surface area contributed by atoms with E-state index in [1.165, 1.54) is 0 Å². The van der Waals surface area contributed by atoms with Gasteiger partial charge in [0.25, 0.3) is 0 Å². The van der Waals surface area contributed by atoms with E-state index < -0.39 is 30.7 Å². The molecule has 0 aromatic carbocycles. The highest BCUT2D eigenvalue weighted by Crippen LogP contribution is 2.34. The van der Waals surface area contributed by atoms with E-state index in [0.29, 0.717) is 6.42 Å². The number of carboxylic acids is 1. The smallest absolute Gasteiger partial charge is 0.454 e. The van der Waals surface area contributed by atoms with Crippen LogP contribution in [-0.4, -0.2) is 48.3 Å². The fourth-order valence-corrected chi connectivity index (χ4v) is 1.33. The van der Waals surface area contributed by atoms with Gasteiger partial charge in [-0.2, -0.15) is 22.0 Å². The van der Waals surface area contributed by atoms with Gasteiger partial charge >= 0.3 is 18.1 Å². The van der Waals surface area contributed by atoms with Gasteiger partial charge in [-0.15, -0.1) is 0 Å². The molecule has 0 aliphatic carbocycles. The molecule has 0 aromatic heterocycles. The summed E-state index contributed by atoms with van der Waals surface area (Å²) >= 11 is 0. The molecule has 0 amide bonds. The van der Waals surface area contributed by atoms with Crippen molar-refractivity contribution in [3.05, 3.63) is 0 Å². The van der Waals surface area contributed by atoms with Gasteiger partial charge in [-0.25, -0.2) is 0 Å². The van der Waals surface area contributed by atoms with Crippen molar-refractivity contribution >= 4 is 11.9 Å². The molecule has 0 radical (unpaired) electrons. The fourth-order valence-electron chi connectivity index (χ4n) is 1.33. The number of aliphatic carboxylic acids is 1. The van der Waals surface area contributed by atoms with Crippen LogP contribution in [0.2, 0.25) is 0 Å². The van der Waals surface area contributed by atoms with Crippen molar-refractivity contribution in [2.24, 2.45) is 16.5 Å². The summed E-state index contributed by atoms with van der Waals surface area (Å²) in [6.07, 6.45) is -5.23. The van der Waals surface area contributed by atoms with Crippen LogP contribution in [0.5, 0.6) is 0 Å². The average molecular weight is 320 g/mol. The molecular weight excluding hydrogens is 303 g/mol. The quantitative estimate of drug-likeness (QED) is 0.216. The van der Waals surface area contributed by atoms with Crippen molar-refractivity contribution < 1.29 is 31.9 Å². The van der Waals surface area contributed by atoms with E-state index in [1.807, 2.05) is 0 Å². The second-order valence-electron chi connectivity index (χ2n) is 4.28. The minimum absolute atomic E-state index is 0.122.